The Morgan fingerprint density at radius 1 is 1.39 bits per heavy atom. The smallest absolute Gasteiger partial charge is 0.160 e. The lowest BCUT2D eigenvalue weighted by Gasteiger charge is -2.04. The largest absolute Gasteiger partial charge is 0.467 e. The molecule has 3 aromatic rings. The van der Waals surface area contributed by atoms with Gasteiger partial charge in [0.15, 0.2) is 5.65 Å². The second kappa shape index (κ2) is 4.46. The molecule has 3 heterocycles. The zero-order valence-electron chi connectivity index (χ0n) is 9.93. The van der Waals surface area contributed by atoms with Crippen molar-refractivity contribution in [1.82, 2.24) is 14.5 Å². The van der Waals surface area contributed by atoms with Crippen LogP contribution in [0.25, 0.3) is 11.2 Å². The van der Waals surface area contributed by atoms with Crippen LogP contribution in [-0.2, 0) is 12.4 Å². The molecule has 0 saturated carbocycles. The summed E-state index contributed by atoms with van der Waals surface area (Å²) in [7, 11) is 0. The number of imidazole rings is 1. The van der Waals surface area contributed by atoms with Gasteiger partial charge in [-0.1, -0.05) is 0 Å². The second-order valence-electron chi connectivity index (χ2n) is 4.13. The van der Waals surface area contributed by atoms with Crippen LogP contribution in [0, 0.1) is 6.92 Å². The summed E-state index contributed by atoms with van der Waals surface area (Å²) >= 11 is 5.95. The van der Waals surface area contributed by atoms with Crippen LogP contribution >= 0.6 is 11.6 Å². The summed E-state index contributed by atoms with van der Waals surface area (Å²) in [5, 5.41) is 0. The van der Waals surface area contributed by atoms with Crippen molar-refractivity contribution < 1.29 is 4.42 Å². The molecule has 0 saturated heterocycles. The third-order valence-corrected chi connectivity index (χ3v) is 3.17. The lowest BCUT2D eigenvalue weighted by Crippen LogP contribution is -2.03. The minimum Gasteiger partial charge on any atom is -0.467 e. The predicted octanol–water partition coefficient (Wildman–Crippen LogP) is 3.12. The number of fused-ring (bicyclic) bond motifs is 1. The van der Waals surface area contributed by atoms with Gasteiger partial charge in [0.25, 0.3) is 0 Å². The van der Waals surface area contributed by atoms with Crippen molar-refractivity contribution in [2.75, 3.05) is 0 Å². The van der Waals surface area contributed by atoms with Gasteiger partial charge in [0.05, 0.1) is 18.7 Å². The summed E-state index contributed by atoms with van der Waals surface area (Å²) in [4.78, 5) is 8.93. The summed E-state index contributed by atoms with van der Waals surface area (Å²) in [5.41, 5.74) is 2.85. The first-order valence-corrected chi connectivity index (χ1v) is 6.22. The number of nitrogens with zero attached hydrogens (tertiary/aromatic N) is 3. The third-order valence-electron chi connectivity index (χ3n) is 2.93. The highest BCUT2D eigenvalue weighted by molar-refractivity contribution is 6.16. The highest BCUT2D eigenvalue weighted by Crippen LogP contribution is 2.20. The zero-order chi connectivity index (χ0) is 12.5. The molecule has 5 heteroatoms. The lowest BCUT2D eigenvalue weighted by atomic mass is 10.3. The van der Waals surface area contributed by atoms with Crippen molar-refractivity contribution in [3.8, 4) is 0 Å². The maximum atomic E-state index is 5.95. The number of pyridine rings is 1. The molecule has 0 unspecified atom stereocenters. The molecule has 3 aromatic heterocycles. The van der Waals surface area contributed by atoms with E-state index < -0.39 is 0 Å². The van der Waals surface area contributed by atoms with E-state index in [1.165, 1.54) is 0 Å². The summed E-state index contributed by atoms with van der Waals surface area (Å²) in [6.45, 7) is 2.62. The molecular formula is C13H12ClN3O. The van der Waals surface area contributed by atoms with Gasteiger partial charge in [-0.2, -0.15) is 0 Å². The quantitative estimate of drug-likeness (QED) is 0.681. The Morgan fingerprint density at radius 3 is 3.00 bits per heavy atom. The molecule has 0 atom stereocenters. The Balaban J connectivity index is 2.17. The van der Waals surface area contributed by atoms with Gasteiger partial charge < -0.3 is 8.98 Å². The average Bonchev–Trinajstić information content (AvgIpc) is 2.99. The van der Waals surface area contributed by atoms with Crippen LogP contribution in [0.1, 0.15) is 17.1 Å². The van der Waals surface area contributed by atoms with Gasteiger partial charge in [-0.15, -0.1) is 11.6 Å². The van der Waals surface area contributed by atoms with Crippen LogP contribution in [0.5, 0.6) is 0 Å². The monoisotopic (exact) mass is 261 g/mol. The number of furan rings is 1. The van der Waals surface area contributed by atoms with E-state index in [2.05, 4.69) is 9.97 Å². The molecule has 0 aliphatic heterocycles. The summed E-state index contributed by atoms with van der Waals surface area (Å²) in [6, 6.07) is 5.75. The molecule has 18 heavy (non-hydrogen) atoms. The predicted molar refractivity (Wildman–Crippen MR) is 69.6 cm³/mol. The maximum Gasteiger partial charge on any atom is 0.160 e. The van der Waals surface area contributed by atoms with Crippen LogP contribution in [0.3, 0.4) is 0 Å². The number of alkyl halides is 1. The molecule has 4 nitrogen and oxygen atoms in total. The van der Waals surface area contributed by atoms with Crippen LogP contribution in [0.2, 0.25) is 0 Å². The molecule has 92 valence electrons. The Hall–Kier alpha value is -1.81. The summed E-state index contributed by atoms with van der Waals surface area (Å²) < 4.78 is 7.36. The molecule has 0 N–H and O–H groups in total. The fourth-order valence-corrected chi connectivity index (χ4v) is 2.21. The normalized spacial score (nSPS) is 11.2. The van der Waals surface area contributed by atoms with E-state index >= 15 is 0 Å². The van der Waals surface area contributed by atoms with Gasteiger partial charge in [0.1, 0.15) is 17.1 Å². The fraction of sp³-hybridized carbons (Fsp3) is 0.231. The van der Waals surface area contributed by atoms with Crippen LogP contribution < -0.4 is 0 Å². The van der Waals surface area contributed by atoms with Gasteiger partial charge in [-0.3, -0.25) is 0 Å². The molecule has 0 fully saturated rings. The highest BCUT2D eigenvalue weighted by atomic mass is 35.5. The van der Waals surface area contributed by atoms with Gasteiger partial charge >= 0.3 is 0 Å². The van der Waals surface area contributed by atoms with E-state index in [4.69, 9.17) is 16.0 Å². The van der Waals surface area contributed by atoms with E-state index in [-0.39, 0.29) is 0 Å². The van der Waals surface area contributed by atoms with Crippen molar-refractivity contribution in [2.45, 2.75) is 19.3 Å². The van der Waals surface area contributed by atoms with Crippen LogP contribution in [0.4, 0.5) is 0 Å². The molecule has 0 aromatic carbocycles. The summed E-state index contributed by atoms with van der Waals surface area (Å²) in [6.07, 6.45) is 3.45. The number of aromatic nitrogens is 3. The molecule has 0 radical (unpaired) electrons. The first kappa shape index (κ1) is 11.3. The number of hydrogen-bond acceptors (Lipinski definition) is 3. The van der Waals surface area contributed by atoms with Crippen molar-refractivity contribution in [3.63, 3.8) is 0 Å². The van der Waals surface area contributed by atoms with Crippen molar-refractivity contribution in [2.24, 2.45) is 0 Å². The van der Waals surface area contributed by atoms with Crippen LogP contribution in [-0.4, -0.2) is 14.5 Å². The maximum absolute atomic E-state index is 5.95. The highest BCUT2D eigenvalue weighted by Gasteiger charge is 2.13. The van der Waals surface area contributed by atoms with Gasteiger partial charge in [-0.25, -0.2) is 9.97 Å². The number of rotatable bonds is 3. The standard InChI is InChI=1S/C13H12ClN3O/c1-9-4-5-15-13-12(9)16-11(7-14)17(13)8-10-3-2-6-18-10/h2-6H,7-8H2,1H3. The van der Waals surface area contributed by atoms with Gasteiger partial charge in [-0.05, 0) is 30.7 Å². The molecule has 0 spiro atoms. The topological polar surface area (TPSA) is 43.9 Å². The Kier molecular flexibility index (Phi) is 2.80. The molecule has 0 aliphatic carbocycles. The number of hydrogen-bond donors (Lipinski definition) is 0. The third kappa shape index (κ3) is 1.78. The van der Waals surface area contributed by atoms with E-state index in [0.29, 0.717) is 12.4 Å². The van der Waals surface area contributed by atoms with E-state index in [1.54, 1.807) is 12.5 Å². The van der Waals surface area contributed by atoms with Gasteiger partial charge in [0.2, 0.25) is 0 Å². The number of halogens is 1. The average molecular weight is 262 g/mol. The summed E-state index contributed by atoms with van der Waals surface area (Å²) in [5.74, 6) is 2.03. The van der Waals surface area contributed by atoms with E-state index in [1.807, 2.05) is 29.7 Å². The second-order valence-corrected chi connectivity index (χ2v) is 4.39. The SMILES string of the molecule is Cc1ccnc2c1nc(CCl)n2Cc1ccco1. The minimum absolute atomic E-state index is 0.358. The molecule has 0 bridgehead atoms. The number of aryl methyl sites for hydroxylation is 1. The van der Waals surface area contributed by atoms with Crippen molar-refractivity contribution in [3.05, 3.63) is 47.8 Å². The van der Waals surface area contributed by atoms with Crippen molar-refractivity contribution in [1.29, 1.82) is 0 Å². The van der Waals surface area contributed by atoms with Crippen molar-refractivity contribution >= 4 is 22.8 Å². The Bertz CT molecular complexity index is 673. The van der Waals surface area contributed by atoms with Gasteiger partial charge in [0, 0.05) is 6.20 Å². The van der Waals surface area contributed by atoms with E-state index in [9.17, 15) is 0 Å². The Labute approximate surface area is 109 Å². The first-order chi connectivity index (χ1) is 8.79. The Morgan fingerprint density at radius 2 is 2.28 bits per heavy atom. The molecule has 0 aliphatic rings. The molecular weight excluding hydrogens is 250 g/mol. The zero-order valence-corrected chi connectivity index (χ0v) is 10.7. The lowest BCUT2D eigenvalue weighted by molar-refractivity contribution is 0.493. The fourth-order valence-electron chi connectivity index (χ4n) is 2.01. The van der Waals surface area contributed by atoms with E-state index in [0.717, 1.165) is 28.3 Å². The first-order valence-electron chi connectivity index (χ1n) is 5.68. The molecule has 0 amide bonds. The van der Waals surface area contributed by atoms with Crippen LogP contribution in [0.15, 0.2) is 35.1 Å². The minimum atomic E-state index is 0.358. The molecule has 3 rings (SSSR count).